The number of rotatable bonds is 5. The van der Waals surface area contributed by atoms with Crippen LogP contribution in [0.2, 0.25) is 0 Å². The van der Waals surface area contributed by atoms with Crippen LogP contribution in [0.15, 0.2) is 24.3 Å². The molecule has 0 radical (unpaired) electrons. The van der Waals surface area contributed by atoms with Gasteiger partial charge >= 0.3 is 0 Å². The minimum absolute atomic E-state index is 0.0539. The van der Waals surface area contributed by atoms with Crippen LogP contribution in [-0.2, 0) is 9.59 Å². The zero-order valence-corrected chi connectivity index (χ0v) is 15.6. The number of ether oxygens (including phenoxy) is 1. The summed E-state index contributed by atoms with van der Waals surface area (Å²) in [4.78, 5) is 25.9. The first-order chi connectivity index (χ1) is 13.2. The van der Waals surface area contributed by atoms with E-state index in [1.54, 1.807) is 4.90 Å². The molecule has 2 amide bonds. The molecule has 1 aliphatic heterocycles. The zero-order chi connectivity index (χ0) is 20.3. The molecule has 1 saturated heterocycles. The Balaban J connectivity index is 1.63. The second-order valence-corrected chi connectivity index (χ2v) is 7.74. The maximum absolute atomic E-state index is 13.4. The number of primary amides is 1. The molecule has 1 aliphatic carbocycles. The van der Waals surface area contributed by atoms with Gasteiger partial charge in [-0.3, -0.25) is 9.59 Å². The second-order valence-electron chi connectivity index (χ2n) is 7.74. The summed E-state index contributed by atoms with van der Waals surface area (Å²) in [6.07, 6.45) is 0.0351. The third-order valence-corrected chi connectivity index (χ3v) is 5.61. The zero-order valence-electron chi connectivity index (χ0n) is 15.6. The van der Waals surface area contributed by atoms with Crippen molar-refractivity contribution in [3.8, 4) is 5.75 Å². The Bertz CT molecular complexity index is 701. The number of nitrogens with two attached hydrogens (primary N) is 1. The molecule has 0 spiro atoms. The number of halogens is 3. The van der Waals surface area contributed by atoms with Crippen LogP contribution in [0.1, 0.15) is 38.5 Å². The van der Waals surface area contributed by atoms with Gasteiger partial charge in [-0.15, -0.1) is 0 Å². The monoisotopic (exact) mass is 398 g/mol. The van der Waals surface area contributed by atoms with E-state index in [0.29, 0.717) is 25.3 Å². The number of benzene rings is 1. The summed E-state index contributed by atoms with van der Waals surface area (Å²) in [6.45, 7) is 0.716. The van der Waals surface area contributed by atoms with E-state index in [0.717, 1.165) is 0 Å². The Morgan fingerprint density at radius 2 is 1.79 bits per heavy atom. The third-order valence-electron chi connectivity index (χ3n) is 5.61. The van der Waals surface area contributed by atoms with Gasteiger partial charge in [0.05, 0.1) is 0 Å². The number of alkyl halides is 2. The highest BCUT2D eigenvalue weighted by Crippen LogP contribution is 2.37. The van der Waals surface area contributed by atoms with Crippen molar-refractivity contribution >= 4 is 11.8 Å². The van der Waals surface area contributed by atoms with E-state index in [4.69, 9.17) is 10.5 Å². The average Bonchev–Trinajstić information content (AvgIpc) is 2.64. The normalized spacial score (nSPS) is 25.3. The van der Waals surface area contributed by atoms with Crippen LogP contribution in [0, 0.1) is 17.7 Å². The van der Waals surface area contributed by atoms with Crippen LogP contribution in [0.3, 0.4) is 0 Å². The lowest BCUT2D eigenvalue weighted by Gasteiger charge is -2.40. The Morgan fingerprint density at radius 1 is 1.14 bits per heavy atom. The first-order valence-corrected chi connectivity index (χ1v) is 9.61. The van der Waals surface area contributed by atoms with Gasteiger partial charge in [-0.1, -0.05) is 0 Å². The van der Waals surface area contributed by atoms with E-state index in [9.17, 15) is 22.8 Å². The lowest BCUT2D eigenvalue weighted by Crippen LogP contribution is -2.51. The largest absolute Gasteiger partial charge is 0.490 e. The molecule has 2 N–H and O–H groups in total. The molecule has 5 nitrogen and oxygen atoms in total. The fourth-order valence-electron chi connectivity index (χ4n) is 4.05. The number of piperidine rings is 1. The summed E-state index contributed by atoms with van der Waals surface area (Å²) in [6, 6.07) is 5.60. The number of amides is 2. The van der Waals surface area contributed by atoms with E-state index < -0.39 is 17.7 Å². The summed E-state index contributed by atoms with van der Waals surface area (Å²) < 4.78 is 45.7. The third kappa shape index (κ3) is 5.17. The fourth-order valence-corrected chi connectivity index (χ4v) is 4.05. The molecule has 1 aromatic carbocycles. The highest BCUT2D eigenvalue weighted by molar-refractivity contribution is 5.79. The number of likely N-dealkylation sites (tertiary alicyclic amines) is 1. The molecule has 154 valence electrons. The van der Waals surface area contributed by atoms with Crippen molar-refractivity contribution in [3.05, 3.63) is 30.1 Å². The van der Waals surface area contributed by atoms with Crippen LogP contribution < -0.4 is 10.5 Å². The quantitative estimate of drug-likeness (QED) is 0.828. The van der Waals surface area contributed by atoms with Gasteiger partial charge in [-0.05, 0) is 37.1 Å². The van der Waals surface area contributed by atoms with Gasteiger partial charge in [-0.2, -0.15) is 0 Å². The molecule has 3 rings (SSSR count). The predicted octanol–water partition coefficient (Wildman–Crippen LogP) is 3.12. The van der Waals surface area contributed by atoms with Crippen LogP contribution in [0.5, 0.6) is 5.75 Å². The van der Waals surface area contributed by atoms with Gasteiger partial charge in [0.25, 0.3) is 0 Å². The van der Waals surface area contributed by atoms with Crippen molar-refractivity contribution in [2.24, 2.45) is 17.6 Å². The van der Waals surface area contributed by atoms with Crippen LogP contribution in [0.4, 0.5) is 13.2 Å². The molecular formula is C20H25F3N2O3. The van der Waals surface area contributed by atoms with Crippen LogP contribution in [-0.4, -0.2) is 41.8 Å². The van der Waals surface area contributed by atoms with Crippen LogP contribution >= 0.6 is 0 Å². The van der Waals surface area contributed by atoms with E-state index in [2.05, 4.69) is 0 Å². The molecule has 1 saturated carbocycles. The van der Waals surface area contributed by atoms with E-state index >= 15 is 0 Å². The van der Waals surface area contributed by atoms with Gasteiger partial charge in [0.1, 0.15) is 17.7 Å². The summed E-state index contributed by atoms with van der Waals surface area (Å²) in [5.41, 5.74) is 5.36. The smallest absolute Gasteiger partial charge is 0.248 e. The van der Waals surface area contributed by atoms with Crippen molar-refractivity contribution in [1.29, 1.82) is 0 Å². The second kappa shape index (κ2) is 8.41. The number of hydrogen-bond donors (Lipinski definition) is 1. The molecule has 2 aliphatic rings. The van der Waals surface area contributed by atoms with E-state index in [1.165, 1.54) is 24.3 Å². The van der Waals surface area contributed by atoms with Crippen LogP contribution in [0.25, 0.3) is 0 Å². The van der Waals surface area contributed by atoms with Gasteiger partial charge in [0, 0.05) is 50.6 Å². The molecule has 28 heavy (non-hydrogen) atoms. The molecule has 0 bridgehead atoms. The molecule has 0 aromatic heterocycles. The minimum Gasteiger partial charge on any atom is -0.490 e. The van der Waals surface area contributed by atoms with Crippen molar-refractivity contribution < 1.29 is 27.5 Å². The molecule has 1 aromatic rings. The highest BCUT2D eigenvalue weighted by atomic mass is 19.3. The van der Waals surface area contributed by atoms with Gasteiger partial charge < -0.3 is 15.4 Å². The lowest BCUT2D eigenvalue weighted by atomic mass is 9.84. The summed E-state index contributed by atoms with van der Waals surface area (Å²) in [5, 5.41) is 0. The first-order valence-electron chi connectivity index (χ1n) is 9.61. The highest BCUT2D eigenvalue weighted by Gasteiger charge is 2.41. The Morgan fingerprint density at radius 3 is 2.39 bits per heavy atom. The SMILES string of the molecule is NC(=O)C[C@H]1CN(C(=O)C2CCC(F)(F)CC2)CC[C@@H]1Oc1ccc(F)cc1. The molecule has 0 unspecified atom stereocenters. The van der Waals surface area contributed by atoms with Crippen molar-refractivity contribution in [2.45, 2.75) is 50.6 Å². The Hall–Kier alpha value is -2.25. The number of hydrogen-bond acceptors (Lipinski definition) is 3. The maximum atomic E-state index is 13.4. The standard InChI is InChI=1S/C20H25F3N2O3/c21-15-1-3-16(4-2-15)28-17-7-10-25(12-14(17)11-18(24)26)19(27)13-5-8-20(22,23)9-6-13/h1-4,13-14,17H,5-12H2,(H2,24,26)/t14-,17-/m0/s1. The molecule has 8 heteroatoms. The van der Waals surface area contributed by atoms with Gasteiger partial charge in [-0.25, -0.2) is 13.2 Å². The topological polar surface area (TPSA) is 72.6 Å². The Kier molecular flexibility index (Phi) is 6.15. The summed E-state index contributed by atoms with van der Waals surface area (Å²) in [7, 11) is 0. The molecule has 2 atom stereocenters. The minimum atomic E-state index is -2.68. The van der Waals surface area contributed by atoms with Crippen molar-refractivity contribution in [3.63, 3.8) is 0 Å². The maximum Gasteiger partial charge on any atom is 0.248 e. The molecule has 2 fully saturated rings. The predicted molar refractivity (Wildman–Crippen MR) is 96.2 cm³/mol. The summed E-state index contributed by atoms with van der Waals surface area (Å²) >= 11 is 0. The van der Waals surface area contributed by atoms with Gasteiger partial charge in [0.2, 0.25) is 17.7 Å². The summed E-state index contributed by atoms with van der Waals surface area (Å²) in [5.74, 6) is -3.90. The van der Waals surface area contributed by atoms with Crippen molar-refractivity contribution in [1.82, 2.24) is 4.90 Å². The average molecular weight is 398 g/mol. The van der Waals surface area contributed by atoms with Gasteiger partial charge in [0.15, 0.2) is 0 Å². The fraction of sp³-hybridized carbons (Fsp3) is 0.600. The Labute approximate surface area is 162 Å². The molecular weight excluding hydrogens is 373 g/mol. The first kappa shape index (κ1) is 20.5. The van der Waals surface area contributed by atoms with E-state index in [-0.39, 0.29) is 55.9 Å². The number of carbonyl (C=O) groups is 2. The molecule has 1 heterocycles. The lowest BCUT2D eigenvalue weighted by molar-refractivity contribution is -0.144. The van der Waals surface area contributed by atoms with E-state index in [1.807, 2.05) is 0 Å². The number of nitrogens with zero attached hydrogens (tertiary/aromatic N) is 1. The van der Waals surface area contributed by atoms with Crippen molar-refractivity contribution in [2.75, 3.05) is 13.1 Å². The number of carbonyl (C=O) groups excluding carboxylic acids is 2.